The highest BCUT2D eigenvalue weighted by atomic mass is 32.2. The lowest BCUT2D eigenvalue weighted by Gasteiger charge is -2.23. The van der Waals surface area contributed by atoms with E-state index in [0.29, 0.717) is 0 Å². The summed E-state index contributed by atoms with van der Waals surface area (Å²) in [6.07, 6.45) is 19.1. The first-order valence-electron chi connectivity index (χ1n) is 9.23. The molecule has 2 rings (SSSR count). The molecule has 0 saturated carbocycles. The van der Waals surface area contributed by atoms with Crippen LogP contribution < -0.4 is 0 Å². The predicted molar refractivity (Wildman–Crippen MR) is 107 cm³/mol. The quantitative estimate of drug-likeness (QED) is 0.404. The van der Waals surface area contributed by atoms with Crippen molar-refractivity contribution in [2.45, 2.75) is 57.6 Å². The summed E-state index contributed by atoms with van der Waals surface area (Å²) in [7, 11) is 0. The smallest absolute Gasteiger partial charge is 0.00698 e. The Morgan fingerprint density at radius 3 is 2.65 bits per heavy atom. The van der Waals surface area contributed by atoms with E-state index in [4.69, 9.17) is 0 Å². The Bertz CT molecular complexity index is 504. The minimum atomic E-state index is 0.739. The van der Waals surface area contributed by atoms with Crippen molar-refractivity contribution in [2.75, 3.05) is 6.26 Å². The molecule has 0 bridgehead atoms. The van der Waals surface area contributed by atoms with Crippen molar-refractivity contribution in [3.63, 3.8) is 0 Å². The number of aryl methyl sites for hydroxylation is 1. The van der Waals surface area contributed by atoms with Crippen LogP contribution in [0.25, 0.3) is 6.08 Å². The van der Waals surface area contributed by atoms with Crippen LogP contribution in [0.15, 0.2) is 42.5 Å². The zero-order valence-corrected chi connectivity index (χ0v) is 15.8. The zero-order chi connectivity index (χ0) is 16.5. The molecule has 1 aromatic carbocycles. The van der Waals surface area contributed by atoms with Crippen LogP contribution in [0.3, 0.4) is 0 Å². The molecule has 1 aliphatic rings. The van der Waals surface area contributed by atoms with Gasteiger partial charge in [0.1, 0.15) is 0 Å². The van der Waals surface area contributed by atoms with E-state index < -0.39 is 0 Å². The maximum atomic E-state index is 2.36. The van der Waals surface area contributed by atoms with Gasteiger partial charge in [0.25, 0.3) is 0 Å². The topological polar surface area (TPSA) is 0 Å². The van der Waals surface area contributed by atoms with Crippen molar-refractivity contribution in [2.24, 2.45) is 11.8 Å². The summed E-state index contributed by atoms with van der Waals surface area (Å²) >= 11 is 2.05. The number of hydrogen-bond donors (Lipinski definition) is 0. The second kappa shape index (κ2) is 10.0. The van der Waals surface area contributed by atoms with E-state index in [2.05, 4.69) is 80.4 Å². The number of hydrogen-bond acceptors (Lipinski definition) is 1. The van der Waals surface area contributed by atoms with E-state index in [9.17, 15) is 0 Å². The van der Waals surface area contributed by atoms with Crippen LogP contribution in [0.4, 0.5) is 0 Å². The minimum Gasteiger partial charge on any atom is -0.162 e. The molecule has 0 N–H and O–H groups in total. The van der Waals surface area contributed by atoms with E-state index in [1.807, 2.05) is 0 Å². The fourth-order valence-corrected chi connectivity index (χ4v) is 4.41. The molecule has 126 valence electrons. The van der Waals surface area contributed by atoms with E-state index in [0.717, 1.165) is 23.5 Å². The normalized spacial score (nSPS) is 16.8. The minimum absolute atomic E-state index is 0.739. The van der Waals surface area contributed by atoms with Gasteiger partial charge in [0.05, 0.1) is 0 Å². The lowest BCUT2D eigenvalue weighted by atomic mass is 9.92. The van der Waals surface area contributed by atoms with Gasteiger partial charge < -0.3 is 0 Å². The van der Waals surface area contributed by atoms with Crippen LogP contribution in [-0.4, -0.2) is 11.5 Å². The first kappa shape index (κ1) is 18.4. The van der Waals surface area contributed by atoms with Crippen molar-refractivity contribution in [3.05, 3.63) is 53.6 Å². The standard InChI is InChI=1S/C22H32S/c1-4-21(22(5-2)23-3)14-8-13-20-12-7-11-19(17-20)10-6-9-18-15-16-18/h6-7,10-12,15-18,21-22H,4-5,8-9,13-14H2,1-3H3/b10-6+. The van der Waals surface area contributed by atoms with E-state index >= 15 is 0 Å². The number of benzene rings is 1. The first-order valence-corrected chi connectivity index (χ1v) is 10.5. The highest BCUT2D eigenvalue weighted by Crippen LogP contribution is 2.28. The average molecular weight is 329 g/mol. The third-order valence-corrected chi connectivity index (χ3v) is 6.25. The van der Waals surface area contributed by atoms with Gasteiger partial charge in [-0.25, -0.2) is 0 Å². The maximum Gasteiger partial charge on any atom is 0.00698 e. The van der Waals surface area contributed by atoms with Crippen molar-refractivity contribution >= 4 is 17.8 Å². The van der Waals surface area contributed by atoms with E-state index in [1.165, 1.54) is 43.2 Å². The monoisotopic (exact) mass is 328 g/mol. The summed E-state index contributed by atoms with van der Waals surface area (Å²) in [5, 5.41) is 0.838. The molecule has 0 amide bonds. The Morgan fingerprint density at radius 1 is 1.17 bits per heavy atom. The summed E-state index contributed by atoms with van der Waals surface area (Å²) in [6.45, 7) is 4.68. The van der Waals surface area contributed by atoms with Crippen LogP contribution in [0.5, 0.6) is 0 Å². The summed E-state index contributed by atoms with van der Waals surface area (Å²) in [5.41, 5.74) is 2.84. The Balaban J connectivity index is 1.79. The molecular weight excluding hydrogens is 296 g/mol. The Labute approximate surface area is 147 Å². The van der Waals surface area contributed by atoms with Gasteiger partial charge in [-0.05, 0) is 61.3 Å². The van der Waals surface area contributed by atoms with Gasteiger partial charge in [-0.15, -0.1) is 0 Å². The molecular formula is C22H32S. The average Bonchev–Trinajstić information content (AvgIpc) is 3.39. The van der Waals surface area contributed by atoms with Crippen LogP contribution in [0, 0.1) is 11.8 Å². The molecule has 1 aliphatic carbocycles. The molecule has 0 aliphatic heterocycles. The second-order valence-electron chi connectivity index (χ2n) is 6.67. The molecule has 0 nitrogen and oxygen atoms in total. The fourth-order valence-electron chi connectivity index (χ4n) is 3.36. The van der Waals surface area contributed by atoms with Crippen molar-refractivity contribution in [3.8, 4) is 0 Å². The molecule has 0 spiro atoms. The summed E-state index contributed by atoms with van der Waals surface area (Å²) in [4.78, 5) is 0. The second-order valence-corrected chi connectivity index (χ2v) is 7.75. The summed E-state index contributed by atoms with van der Waals surface area (Å²) in [6, 6.07) is 9.07. The molecule has 0 aromatic heterocycles. The van der Waals surface area contributed by atoms with E-state index in [1.54, 1.807) is 0 Å². The third kappa shape index (κ3) is 6.59. The van der Waals surface area contributed by atoms with Crippen LogP contribution in [-0.2, 0) is 6.42 Å². The van der Waals surface area contributed by atoms with Gasteiger partial charge in [-0.2, -0.15) is 11.8 Å². The van der Waals surface area contributed by atoms with Gasteiger partial charge in [-0.1, -0.05) is 68.8 Å². The predicted octanol–water partition coefficient (Wildman–Crippen LogP) is 6.77. The molecule has 2 atom stereocenters. The molecule has 0 fully saturated rings. The molecule has 1 heteroatoms. The lowest BCUT2D eigenvalue weighted by Crippen LogP contribution is -2.15. The van der Waals surface area contributed by atoms with Crippen LogP contribution in [0.2, 0.25) is 0 Å². The van der Waals surface area contributed by atoms with Gasteiger partial charge in [0.15, 0.2) is 0 Å². The van der Waals surface area contributed by atoms with Gasteiger partial charge in [0.2, 0.25) is 0 Å². The molecule has 2 unspecified atom stereocenters. The summed E-state index contributed by atoms with van der Waals surface area (Å²) in [5.74, 6) is 1.62. The number of allylic oxidation sites excluding steroid dienone is 3. The third-order valence-electron chi connectivity index (χ3n) is 4.93. The van der Waals surface area contributed by atoms with Crippen molar-refractivity contribution < 1.29 is 0 Å². The fraction of sp³-hybridized carbons (Fsp3) is 0.545. The molecule has 0 radical (unpaired) electrons. The molecule has 23 heavy (non-hydrogen) atoms. The maximum absolute atomic E-state index is 2.36. The van der Waals surface area contributed by atoms with Gasteiger partial charge in [0, 0.05) is 5.25 Å². The highest BCUT2D eigenvalue weighted by Gasteiger charge is 2.16. The van der Waals surface area contributed by atoms with Crippen LogP contribution in [0.1, 0.15) is 57.1 Å². The SMILES string of the molecule is CCC(CCCc1cccc(/C=C/CC2C=C2)c1)C(CC)SC. The number of rotatable bonds is 11. The Kier molecular flexibility index (Phi) is 8.02. The Hall–Kier alpha value is -0.950. The van der Waals surface area contributed by atoms with Gasteiger partial charge in [-0.3, -0.25) is 0 Å². The first-order chi connectivity index (χ1) is 11.3. The van der Waals surface area contributed by atoms with Gasteiger partial charge >= 0.3 is 0 Å². The molecule has 1 aromatic rings. The summed E-state index contributed by atoms with van der Waals surface area (Å²) < 4.78 is 0. The van der Waals surface area contributed by atoms with Crippen molar-refractivity contribution in [1.82, 2.24) is 0 Å². The van der Waals surface area contributed by atoms with E-state index in [-0.39, 0.29) is 0 Å². The lowest BCUT2D eigenvalue weighted by molar-refractivity contribution is 0.431. The highest BCUT2D eigenvalue weighted by molar-refractivity contribution is 7.99. The molecule has 0 heterocycles. The number of thioether (sulfide) groups is 1. The van der Waals surface area contributed by atoms with Crippen LogP contribution >= 0.6 is 11.8 Å². The van der Waals surface area contributed by atoms with Crippen molar-refractivity contribution in [1.29, 1.82) is 0 Å². The largest absolute Gasteiger partial charge is 0.162 e. The zero-order valence-electron chi connectivity index (χ0n) is 15.0. The Morgan fingerprint density at radius 2 is 2.00 bits per heavy atom. The molecule has 0 saturated heterocycles.